The summed E-state index contributed by atoms with van der Waals surface area (Å²) in [5.74, 6) is -1.29. The third kappa shape index (κ3) is 5.05. The number of carbonyl (C=O) groups excluding carboxylic acids is 2. The van der Waals surface area contributed by atoms with Crippen molar-refractivity contribution in [3.05, 3.63) is 70.7 Å². The number of anilines is 1. The molecule has 0 aliphatic heterocycles. The predicted octanol–water partition coefficient (Wildman–Crippen LogP) is 4.42. The first-order valence-electron chi connectivity index (χ1n) is 11.6. The summed E-state index contributed by atoms with van der Waals surface area (Å²) in [7, 11) is 0. The molecule has 3 N–H and O–H groups in total. The van der Waals surface area contributed by atoms with Crippen molar-refractivity contribution >= 4 is 34.4 Å². The summed E-state index contributed by atoms with van der Waals surface area (Å²) in [5.41, 5.74) is 4.64. The number of thiazole rings is 1. The largest absolute Gasteiger partial charge is 0.481 e. The number of carbonyl (C=O) groups is 3. The predicted molar refractivity (Wildman–Crippen MR) is 131 cm³/mol. The Bertz CT molecular complexity index is 1220. The normalized spacial score (nSPS) is 18.2. The molecule has 1 heterocycles. The van der Waals surface area contributed by atoms with Crippen LogP contribution in [0.2, 0.25) is 0 Å². The van der Waals surface area contributed by atoms with Gasteiger partial charge >= 0.3 is 12.1 Å². The third-order valence-corrected chi connectivity index (χ3v) is 7.53. The summed E-state index contributed by atoms with van der Waals surface area (Å²) in [5, 5.41) is 14.9. The van der Waals surface area contributed by atoms with Crippen molar-refractivity contribution in [3.8, 4) is 11.1 Å². The van der Waals surface area contributed by atoms with Crippen molar-refractivity contribution in [1.29, 1.82) is 0 Å². The molecule has 0 radical (unpaired) electrons. The standard InChI is InChI=1S/C26H25N3O5S/c30-23(28-16-11-15(12-16)24(31)32)10-9-17-13-27-25(35-17)29-26(33)34-14-22-20-7-3-1-5-18(20)19-6-2-4-8-21(19)22/h1-8,13,15-16,22H,9-12,14H2,(H,28,30)(H,31,32)(H,27,29,33). The molecule has 1 saturated carbocycles. The second-order valence-corrected chi connectivity index (χ2v) is 9.97. The highest BCUT2D eigenvalue weighted by atomic mass is 32.1. The fourth-order valence-corrected chi connectivity index (χ4v) is 5.47. The number of amides is 2. The average molecular weight is 492 g/mol. The van der Waals surface area contributed by atoms with Crippen molar-refractivity contribution in [2.75, 3.05) is 11.9 Å². The van der Waals surface area contributed by atoms with Crippen LogP contribution in [-0.2, 0) is 20.7 Å². The van der Waals surface area contributed by atoms with Gasteiger partial charge in [0.2, 0.25) is 5.91 Å². The van der Waals surface area contributed by atoms with Crippen LogP contribution in [0.25, 0.3) is 11.1 Å². The van der Waals surface area contributed by atoms with Crippen LogP contribution in [0.15, 0.2) is 54.7 Å². The first-order valence-corrected chi connectivity index (χ1v) is 12.4. The van der Waals surface area contributed by atoms with Gasteiger partial charge in [0.15, 0.2) is 5.13 Å². The number of aromatic nitrogens is 1. The lowest BCUT2D eigenvalue weighted by molar-refractivity contribution is -0.146. The Hall–Kier alpha value is -3.72. The van der Waals surface area contributed by atoms with Crippen LogP contribution in [-0.4, -0.2) is 40.7 Å². The molecule has 2 aliphatic rings. The molecule has 0 bridgehead atoms. The molecule has 0 spiro atoms. The van der Waals surface area contributed by atoms with E-state index < -0.39 is 12.1 Å². The first kappa shape index (κ1) is 23.0. The monoisotopic (exact) mass is 491 g/mol. The molecule has 2 aromatic carbocycles. The first-order chi connectivity index (χ1) is 17.0. The summed E-state index contributed by atoms with van der Waals surface area (Å²) >= 11 is 1.30. The van der Waals surface area contributed by atoms with Crippen LogP contribution in [0.4, 0.5) is 9.93 Å². The quantitative estimate of drug-likeness (QED) is 0.430. The molecule has 8 nitrogen and oxygen atoms in total. The van der Waals surface area contributed by atoms with Gasteiger partial charge in [0.1, 0.15) is 6.61 Å². The molecule has 5 rings (SSSR count). The van der Waals surface area contributed by atoms with Crippen molar-refractivity contribution in [2.24, 2.45) is 5.92 Å². The van der Waals surface area contributed by atoms with E-state index in [0.717, 1.165) is 16.0 Å². The molecule has 1 aromatic heterocycles. The van der Waals surface area contributed by atoms with E-state index in [9.17, 15) is 14.4 Å². The summed E-state index contributed by atoms with van der Waals surface area (Å²) < 4.78 is 5.55. The van der Waals surface area contributed by atoms with E-state index in [2.05, 4.69) is 39.9 Å². The maximum absolute atomic E-state index is 12.4. The summed E-state index contributed by atoms with van der Waals surface area (Å²) in [6.07, 6.45) is 2.81. The number of ether oxygens (including phenoxy) is 1. The SMILES string of the molecule is O=C(CCc1cnc(NC(=O)OCC2c3ccccc3-c3ccccc32)s1)NC1CC(C(=O)O)C1. The number of benzene rings is 2. The molecule has 1 fully saturated rings. The van der Waals surface area contributed by atoms with Gasteiger partial charge in [-0.05, 0) is 41.5 Å². The third-order valence-electron chi connectivity index (χ3n) is 6.56. The van der Waals surface area contributed by atoms with E-state index in [1.54, 1.807) is 6.20 Å². The minimum atomic E-state index is -0.809. The minimum absolute atomic E-state index is 0.0139. The highest BCUT2D eigenvalue weighted by molar-refractivity contribution is 7.15. The van der Waals surface area contributed by atoms with Crippen molar-refractivity contribution in [2.45, 2.75) is 37.6 Å². The Labute approximate surface area is 206 Å². The topological polar surface area (TPSA) is 118 Å². The molecule has 0 atom stereocenters. The molecule has 3 aromatic rings. The van der Waals surface area contributed by atoms with E-state index in [1.165, 1.54) is 22.5 Å². The number of fused-ring (bicyclic) bond motifs is 3. The van der Waals surface area contributed by atoms with Crippen LogP contribution in [0.5, 0.6) is 0 Å². The summed E-state index contributed by atoms with van der Waals surface area (Å²) in [6.45, 7) is 0.224. The zero-order chi connectivity index (χ0) is 24.4. The number of rotatable bonds is 8. The number of hydrogen-bond donors (Lipinski definition) is 3. The van der Waals surface area contributed by atoms with Gasteiger partial charge in [-0.15, -0.1) is 11.3 Å². The maximum Gasteiger partial charge on any atom is 0.413 e. The number of hydrogen-bond acceptors (Lipinski definition) is 6. The molecule has 180 valence electrons. The average Bonchev–Trinajstić information content (AvgIpc) is 3.40. The van der Waals surface area contributed by atoms with E-state index in [1.807, 2.05) is 24.3 Å². The fraction of sp³-hybridized carbons (Fsp3) is 0.308. The maximum atomic E-state index is 12.4. The molecular weight excluding hydrogens is 466 g/mol. The van der Waals surface area contributed by atoms with Crippen molar-refractivity contribution in [3.63, 3.8) is 0 Å². The molecule has 0 unspecified atom stereocenters. The molecule has 35 heavy (non-hydrogen) atoms. The lowest BCUT2D eigenvalue weighted by Gasteiger charge is -2.32. The minimum Gasteiger partial charge on any atom is -0.481 e. The van der Waals surface area contributed by atoms with Crippen molar-refractivity contribution < 1.29 is 24.2 Å². The van der Waals surface area contributed by atoms with Gasteiger partial charge in [-0.2, -0.15) is 0 Å². The van der Waals surface area contributed by atoms with Crippen molar-refractivity contribution in [1.82, 2.24) is 10.3 Å². The van der Waals surface area contributed by atoms with Gasteiger partial charge in [0, 0.05) is 29.5 Å². The molecular formula is C26H25N3O5S. The zero-order valence-corrected chi connectivity index (χ0v) is 19.7. The molecule has 2 amide bonds. The second kappa shape index (κ2) is 9.87. The highest BCUT2D eigenvalue weighted by Crippen LogP contribution is 2.44. The van der Waals surface area contributed by atoms with Gasteiger partial charge in [-0.25, -0.2) is 9.78 Å². The van der Waals surface area contributed by atoms with Crippen LogP contribution >= 0.6 is 11.3 Å². The van der Waals surface area contributed by atoms with E-state index in [0.29, 0.717) is 24.4 Å². The van der Waals surface area contributed by atoms with E-state index in [4.69, 9.17) is 9.84 Å². The van der Waals surface area contributed by atoms with Gasteiger partial charge in [0.25, 0.3) is 0 Å². The summed E-state index contributed by atoms with van der Waals surface area (Å²) in [4.78, 5) is 40.5. The van der Waals surface area contributed by atoms with Crippen LogP contribution in [0.3, 0.4) is 0 Å². The van der Waals surface area contributed by atoms with Crippen LogP contribution in [0.1, 0.15) is 41.2 Å². The van der Waals surface area contributed by atoms with E-state index in [-0.39, 0.29) is 36.8 Å². The zero-order valence-electron chi connectivity index (χ0n) is 18.9. The smallest absolute Gasteiger partial charge is 0.413 e. The lowest BCUT2D eigenvalue weighted by Crippen LogP contribution is -2.46. The van der Waals surface area contributed by atoms with E-state index >= 15 is 0 Å². The lowest BCUT2D eigenvalue weighted by atomic mass is 9.80. The number of aliphatic carboxylic acids is 1. The number of carboxylic acid groups (broad SMARTS) is 1. The number of nitrogens with one attached hydrogen (secondary N) is 2. The summed E-state index contributed by atoms with van der Waals surface area (Å²) in [6, 6.07) is 16.3. The molecule has 0 saturated heterocycles. The molecule has 2 aliphatic carbocycles. The Morgan fingerprint density at radius 3 is 2.34 bits per heavy atom. The highest BCUT2D eigenvalue weighted by Gasteiger charge is 2.35. The number of aryl methyl sites for hydroxylation is 1. The van der Waals surface area contributed by atoms with Gasteiger partial charge < -0.3 is 15.2 Å². The van der Waals surface area contributed by atoms with Gasteiger partial charge in [-0.3, -0.25) is 14.9 Å². The Kier molecular flexibility index (Phi) is 6.50. The van der Waals surface area contributed by atoms with Crippen LogP contribution < -0.4 is 10.6 Å². The Morgan fingerprint density at radius 1 is 1.03 bits per heavy atom. The fourth-order valence-electron chi connectivity index (χ4n) is 4.68. The van der Waals surface area contributed by atoms with Gasteiger partial charge in [-0.1, -0.05) is 48.5 Å². The number of carboxylic acids is 1. The Morgan fingerprint density at radius 2 is 1.69 bits per heavy atom. The Balaban J connectivity index is 1.09. The second-order valence-electron chi connectivity index (χ2n) is 8.85. The number of nitrogens with zero attached hydrogens (tertiary/aromatic N) is 1. The molecule has 9 heteroatoms. The van der Waals surface area contributed by atoms with Gasteiger partial charge in [0.05, 0.1) is 5.92 Å². The van der Waals surface area contributed by atoms with Crippen LogP contribution in [0, 0.1) is 5.92 Å².